The van der Waals surface area contributed by atoms with Gasteiger partial charge in [-0.05, 0) is 98.7 Å². The number of likely N-dealkylation sites (tertiary alicyclic amines) is 1. The van der Waals surface area contributed by atoms with E-state index in [1.807, 2.05) is 24.9 Å². The van der Waals surface area contributed by atoms with Crippen LogP contribution in [-0.4, -0.2) is 62.1 Å². The van der Waals surface area contributed by atoms with Crippen LogP contribution in [0.15, 0.2) is 36.5 Å². The number of rotatable bonds is 7. The van der Waals surface area contributed by atoms with Crippen LogP contribution in [0.4, 0.5) is 4.79 Å². The first-order valence-electron chi connectivity index (χ1n) is 18.2. The minimum atomic E-state index is -0.670. The fourth-order valence-electron chi connectivity index (χ4n) is 8.39. The highest BCUT2D eigenvalue weighted by atomic mass is 16.5. The van der Waals surface area contributed by atoms with E-state index in [2.05, 4.69) is 64.8 Å². The number of carbonyl (C=O) groups is 2. The molecular weight excluding hydrogens is 630 g/mol. The number of aromatic nitrogens is 4. The number of H-pyrrole nitrogens is 2. The van der Waals surface area contributed by atoms with E-state index in [1.165, 1.54) is 35.9 Å². The van der Waals surface area contributed by atoms with Crippen molar-refractivity contribution in [2.75, 3.05) is 7.11 Å². The molecule has 8 rings (SSSR count). The average molecular weight is 678 g/mol. The van der Waals surface area contributed by atoms with Crippen LogP contribution < -0.4 is 15.4 Å². The van der Waals surface area contributed by atoms with Crippen LogP contribution in [-0.2, 0) is 29.0 Å². The number of benzene rings is 2. The molecule has 2 amide bonds. The zero-order chi connectivity index (χ0) is 34.7. The molecular formula is C39H47N7O4. The number of fused-ring (bicyclic) bond motifs is 6. The Hall–Kier alpha value is -4.64. The van der Waals surface area contributed by atoms with E-state index in [1.54, 1.807) is 0 Å². The van der Waals surface area contributed by atoms with Gasteiger partial charge in [0.15, 0.2) is 0 Å². The number of ether oxygens (including phenoxy) is 2. The first-order valence-corrected chi connectivity index (χ1v) is 18.2. The van der Waals surface area contributed by atoms with Crippen molar-refractivity contribution >= 4 is 12.0 Å². The van der Waals surface area contributed by atoms with Crippen molar-refractivity contribution in [2.45, 2.75) is 109 Å². The van der Waals surface area contributed by atoms with Crippen molar-refractivity contribution in [2.24, 2.45) is 5.92 Å². The molecule has 0 spiro atoms. The van der Waals surface area contributed by atoms with E-state index in [-0.39, 0.29) is 23.9 Å². The number of hydrogen-bond donors (Lipinski definition) is 4. The molecule has 2 fully saturated rings. The molecule has 6 unspecified atom stereocenters. The molecule has 5 heterocycles. The molecule has 4 aliphatic rings. The van der Waals surface area contributed by atoms with Crippen LogP contribution in [0.3, 0.4) is 0 Å². The third-order valence-electron chi connectivity index (χ3n) is 11.5. The lowest BCUT2D eigenvalue weighted by atomic mass is 9.86. The van der Waals surface area contributed by atoms with Crippen molar-refractivity contribution in [1.82, 2.24) is 35.5 Å². The van der Waals surface area contributed by atoms with Gasteiger partial charge in [0.05, 0.1) is 36.8 Å². The summed E-state index contributed by atoms with van der Waals surface area (Å²) in [4.78, 5) is 45.1. The fourth-order valence-corrected chi connectivity index (χ4v) is 8.39. The lowest BCUT2D eigenvalue weighted by Crippen LogP contribution is -2.53. The van der Waals surface area contributed by atoms with Crippen molar-refractivity contribution in [3.63, 3.8) is 0 Å². The van der Waals surface area contributed by atoms with Gasteiger partial charge in [0.1, 0.15) is 30.0 Å². The molecule has 4 N–H and O–H groups in total. The third kappa shape index (κ3) is 5.65. The van der Waals surface area contributed by atoms with Crippen molar-refractivity contribution < 1.29 is 19.1 Å². The maximum absolute atomic E-state index is 13.9. The number of carbonyl (C=O) groups excluding carboxylic acids is 2. The molecule has 2 saturated heterocycles. The van der Waals surface area contributed by atoms with Gasteiger partial charge in [-0.15, -0.1) is 0 Å². The summed E-state index contributed by atoms with van der Waals surface area (Å²) in [5.74, 6) is 2.56. The predicted molar refractivity (Wildman–Crippen MR) is 190 cm³/mol. The summed E-state index contributed by atoms with van der Waals surface area (Å²) in [6.45, 7) is 8.77. The maximum atomic E-state index is 13.9. The van der Waals surface area contributed by atoms with E-state index < -0.39 is 12.1 Å². The van der Waals surface area contributed by atoms with E-state index in [0.29, 0.717) is 18.7 Å². The molecule has 50 heavy (non-hydrogen) atoms. The van der Waals surface area contributed by atoms with Gasteiger partial charge in [-0.25, -0.2) is 14.8 Å². The lowest BCUT2D eigenvalue weighted by Gasteiger charge is -2.33. The molecule has 2 aromatic carbocycles. The topological polar surface area (TPSA) is 137 Å². The van der Waals surface area contributed by atoms with Gasteiger partial charge >= 0.3 is 6.09 Å². The Kier molecular flexibility index (Phi) is 8.41. The second-order valence-corrected chi connectivity index (χ2v) is 14.7. The summed E-state index contributed by atoms with van der Waals surface area (Å²) in [6.07, 6.45) is 7.85. The van der Waals surface area contributed by atoms with Gasteiger partial charge in [0.2, 0.25) is 5.91 Å². The van der Waals surface area contributed by atoms with Crippen LogP contribution in [0.2, 0.25) is 0 Å². The Morgan fingerprint density at radius 1 is 1.02 bits per heavy atom. The van der Waals surface area contributed by atoms with Crippen molar-refractivity contribution in [1.29, 1.82) is 0 Å². The number of nitrogens with zero attached hydrogens (tertiary/aromatic N) is 3. The lowest BCUT2D eigenvalue weighted by molar-refractivity contribution is -0.137. The average Bonchev–Trinajstić information content (AvgIpc) is 3.95. The molecule has 0 radical (unpaired) electrons. The van der Waals surface area contributed by atoms with E-state index >= 15 is 0 Å². The van der Waals surface area contributed by atoms with Crippen LogP contribution >= 0.6 is 0 Å². The zero-order valence-corrected chi connectivity index (χ0v) is 29.6. The van der Waals surface area contributed by atoms with E-state index in [4.69, 9.17) is 19.4 Å². The van der Waals surface area contributed by atoms with Crippen LogP contribution in [0.1, 0.15) is 100 Å². The standard InChI is InChI=1S/C39H47N7O4/c1-6-20(2)34(45-39(48)49-5)38(47)46-22(4)8-14-32(46)37-40-18-31(43-37)24-9-11-26-25(15-24)19-50-33-17-27-23(16-28(26)33)10-13-29-35(27)44-36(42-29)30-12-7-21(3)41-30/h9,11,15-18,20-22,30,32,34,41H,6-8,10,12-14,19H2,1-5H3,(H,40,43)(H,42,44)(H,45,48). The number of amides is 2. The molecule has 1 aliphatic carbocycles. The molecule has 0 saturated carbocycles. The van der Waals surface area contributed by atoms with Gasteiger partial charge in [0.25, 0.3) is 0 Å². The maximum Gasteiger partial charge on any atom is 0.407 e. The molecule has 262 valence electrons. The Morgan fingerprint density at radius 2 is 1.88 bits per heavy atom. The smallest absolute Gasteiger partial charge is 0.407 e. The van der Waals surface area contributed by atoms with E-state index in [0.717, 1.165) is 84.0 Å². The quantitative estimate of drug-likeness (QED) is 0.170. The Bertz CT molecular complexity index is 1950. The van der Waals surface area contributed by atoms with E-state index in [9.17, 15) is 9.59 Å². The number of imidazole rings is 2. The van der Waals surface area contributed by atoms with Crippen LogP contribution in [0.5, 0.6) is 5.75 Å². The molecule has 0 bridgehead atoms. The summed E-state index contributed by atoms with van der Waals surface area (Å²) >= 11 is 0. The minimum absolute atomic E-state index is 0.0218. The molecule has 4 aromatic rings. The van der Waals surface area contributed by atoms with Crippen LogP contribution in [0, 0.1) is 5.92 Å². The Morgan fingerprint density at radius 3 is 2.66 bits per heavy atom. The summed E-state index contributed by atoms with van der Waals surface area (Å²) in [5.41, 5.74) is 10.1. The number of alkyl carbamates (subject to hydrolysis) is 1. The highest BCUT2D eigenvalue weighted by Crippen LogP contribution is 2.45. The number of methoxy groups -OCH3 is 1. The Labute approximate surface area is 293 Å². The first-order chi connectivity index (χ1) is 24.2. The van der Waals surface area contributed by atoms with Gasteiger partial charge < -0.3 is 35.0 Å². The minimum Gasteiger partial charge on any atom is -0.488 e. The molecule has 3 aliphatic heterocycles. The first kappa shape index (κ1) is 32.6. The Balaban J connectivity index is 1.04. The zero-order valence-electron chi connectivity index (χ0n) is 29.6. The fraction of sp³-hybridized carbons (Fsp3) is 0.487. The SMILES string of the molecule is CCC(C)C(NC(=O)OC)C(=O)N1C(C)CCC1c1ncc(-c2ccc3c(c2)COc2cc4c(cc2-3)CCc2[nH]c(C3CCC(C)N3)nc2-4)[nH]1. The molecule has 11 heteroatoms. The normalized spacial score (nSPS) is 23.3. The van der Waals surface area contributed by atoms with Crippen LogP contribution in [0.25, 0.3) is 33.6 Å². The second-order valence-electron chi connectivity index (χ2n) is 14.7. The highest BCUT2D eigenvalue weighted by Gasteiger charge is 2.41. The van der Waals surface area contributed by atoms with Gasteiger partial charge in [-0.1, -0.05) is 32.4 Å². The molecule has 6 atom stereocenters. The van der Waals surface area contributed by atoms with Gasteiger partial charge in [0, 0.05) is 28.9 Å². The van der Waals surface area contributed by atoms with Crippen molar-refractivity contribution in [3.8, 4) is 39.4 Å². The second kappa shape index (κ2) is 12.9. The largest absolute Gasteiger partial charge is 0.488 e. The summed E-state index contributed by atoms with van der Waals surface area (Å²) in [5, 5.41) is 6.45. The number of hydrogen-bond acceptors (Lipinski definition) is 7. The van der Waals surface area contributed by atoms with Gasteiger partial charge in [-0.3, -0.25) is 4.79 Å². The summed E-state index contributed by atoms with van der Waals surface area (Å²) in [7, 11) is 1.32. The highest BCUT2D eigenvalue weighted by molar-refractivity contribution is 5.87. The summed E-state index contributed by atoms with van der Waals surface area (Å²) in [6, 6.07) is 11.0. The van der Waals surface area contributed by atoms with Crippen molar-refractivity contribution in [3.05, 3.63) is 65.0 Å². The third-order valence-corrected chi connectivity index (χ3v) is 11.5. The molecule has 11 nitrogen and oxygen atoms in total. The van der Waals surface area contributed by atoms with Gasteiger partial charge in [-0.2, -0.15) is 0 Å². The summed E-state index contributed by atoms with van der Waals surface area (Å²) < 4.78 is 11.2. The number of nitrogens with one attached hydrogen (secondary N) is 4. The number of aryl methyl sites for hydroxylation is 2. The monoisotopic (exact) mass is 677 g/mol. The number of aromatic amines is 2. The predicted octanol–water partition coefficient (Wildman–Crippen LogP) is 6.76. The molecule has 2 aromatic heterocycles.